The van der Waals surface area contributed by atoms with Crippen LogP contribution in [0.3, 0.4) is 0 Å². The quantitative estimate of drug-likeness (QED) is 0.326. The molecule has 0 fully saturated rings. The summed E-state index contributed by atoms with van der Waals surface area (Å²) in [5.41, 5.74) is 5.74. The van der Waals surface area contributed by atoms with Gasteiger partial charge in [-0.05, 0) is 59.0 Å². The van der Waals surface area contributed by atoms with Gasteiger partial charge < -0.3 is 10.1 Å². The Labute approximate surface area is 211 Å². The van der Waals surface area contributed by atoms with E-state index in [1.54, 1.807) is 24.3 Å². The summed E-state index contributed by atoms with van der Waals surface area (Å²) in [5, 5.41) is 3.40. The minimum absolute atomic E-state index is 0.0744. The number of amides is 1. The van der Waals surface area contributed by atoms with Crippen LogP contribution in [0.2, 0.25) is 5.02 Å². The number of rotatable bonds is 7. The molecule has 4 nitrogen and oxygen atoms in total. The zero-order valence-electron chi connectivity index (χ0n) is 19.4. The van der Waals surface area contributed by atoms with Crippen molar-refractivity contribution < 1.29 is 9.53 Å². The van der Waals surface area contributed by atoms with Gasteiger partial charge in [0, 0.05) is 23.8 Å². The first-order chi connectivity index (χ1) is 17.2. The van der Waals surface area contributed by atoms with E-state index in [-0.39, 0.29) is 18.6 Å². The minimum Gasteiger partial charge on any atom is -0.484 e. The third kappa shape index (κ3) is 5.73. The molecule has 0 saturated carbocycles. The maximum absolute atomic E-state index is 12.4. The number of ether oxygens (including phenoxy) is 1. The highest BCUT2D eigenvalue weighted by atomic mass is 35.5. The fourth-order valence-electron chi connectivity index (χ4n) is 4.66. The molecule has 0 saturated heterocycles. The summed E-state index contributed by atoms with van der Waals surface area (Å²) in [4.78, 5) is 15.0. The van der Waals surface area contributed by atoms with Crippen molar-refractivity contribution in [2.45, 2.75) is 19.0 Å². The van der Waals surface area contributed by atoms with E-state index in [2.05, 4.69) is 76.9 Å². The van der Waals surface area contributed by atoms with Crippen LogP contribution in [0, 0.1) is 0 Å². The first-order valence-corrected chi connectivity index (χ1v) is 12.2. The molecular formula is C30H27ClN2O2. The number of benzene rings is 4. The summed E-state index contributed by atoms with van der Waals surface area (Å²) in [6, 6.07) is 34.6. The predicted octanol–water partition coefficient (Wildman–Crippen LogP) is 6.51. The molecule has 1 heterocycles. The molecule has 0 aliphatic carbocycles. The Morgan fingerprint density at radius 2 is 1.69 bits per heavy atom. The molecule has 1 aliphatic rings. The van der Waals surface area contributed by atoms with Crippen LogP contribution in [0.15, 0.2) is 103 Å². The molecule has 0 bridgehead atoms. The summed E-state index contributed by atoms with van der Waals surface area (Å²) < 4.78 is 5.91. The first kappa shape index (κ1) is 23.2. The van der Waals surface area contributed by atoms with Crippen LogP contribution >= 0.6 is 11.6 Å². The van der Waals surface area contributed by atoms with Gasteiger partial charge >= 0.3 is 0 Å². The fraction of sp³-hybridized carbons (Fsp3) is 0.167. The highest BCUT2D eigenvalue weighted by Gasteiger charge is 2.29. The van der Waals surface area contributed by atoms with Crippen LogP contribution in [0.4, 0.5) is 5.69 Å². The maximum Gasteiger partial charge on any atom is 0.262 e. The Balaban J connectivity index is 1.36. The number of hydrogen-bond acceptors (Lipinski definition) is 3. The molecule has 1 amide bonds. The molecule has 4 aromatic carbocycles. The minimum atomic E-state index is -0.227. The highest BCUT2D eigenvalue weighted by Crippen LogP contribution is 2.38. The molecule has 176 valence electrons. The summed E-state index contributed by atoms with van der Waals surface area (Å²) in [5.74, 6) is 0.461. The topological polar surface area (TPSA) is 41.6 Å². The van der Waals surface area contributed by atoms with Crippen molar-refractivity contribution in [2.75, 3.05) is 18.5 Å². The summed E-state index contributed by atoms with van der Waals surface area (Å²) in [6.07, 6.45) is 0.973. The predicted molar refractivity (Wildman–Crippen MR) is 141 cm³/mol. The molecule has 1 aliphatic heterocycles. The van der Waals surface area contributed by atoms with E-state index in [9.17, 15) is 4.79 Å². The van der Waals surface area contributed by atoms with Gasteiger partial charge in [-0.25, -0.2) is 0 Å². The Kier molecular flexibility index (Phi) is 7.12. The summed E-state index contributed by atoms with van der Waals surface area (Å²) >= 11 is 6.01. The molecule has 5 heteroatoms. The van der Waals surface area contributed by atoms with Crippen LogP contribution in [0.1, 0.15) is 28.3 Å². The molecule has 35 heavy (non-hydrogen) atoms. The number of nitrogens with one attached hydrogen (secondary N) is 1. The Hall–Kier alpha value is -3.60. The van der Waals surface area contributed by atoms with Gasteiger partial charge in [0.2, 0.25) is 0 Å². The number of anilines is 1. The number of fused-ring (bicyclic) bond motifs is 1. The van der Waals surface area contributed by atoms with E-state index in [4.69, 9.17) is 16.3 Å². The van der Waals surface area contributed by atoms with Crippen molar-refractivity contribution in [3.8, 4) is 5.75 Å². The second-order valence-electron chi connectivity index (χ2n) is 8.73. The maximum atomic E-state index is 12.4. The van der Waals surface area contributed by atoms with Gasteiger partial charge in [-0.3, -0.25) is 9.69 Å². The van der Waals surface area contributed by atoms with Crippen molar-refractivity contribution in [1.82, 2.24) is 4.90 Å². The average Bonchev–Trinajstić information content (AvgIpc) is 2.88. The lowest BCUT2D eigenvalue weighted by Gasteiger charge is -2.38. The zero-order chi connectivity index (χ0) is 24.0. The second kappa shape index (κ2) is 10.8. The van der Waals surface area contributed by atoms with E-state index < -0.39 is 0 Å². The lowest BCUT2D eigenvalue weighted by molar-refractivity contribution is -0.118. The number of hydrogen-bond donors (Lipinski definition) is 1. The SMILES string of the molecule is O=C(COc1ccc2c(c1)[C@@H](c1ccccc1)N(Cc1ccccc1)CC2)Nc1cccc(Cl)c1. The third-order valence-corrected chi connectivity index (χ3v) is 6.50. The second-order valence-corrected chi connectivity index (χ2v) is 9.16. The van der Waals surface area contributed by atoms with Gasteiger partial charge in [0.15, 0.2) is 6.61 Å². The fourth-order valence-corrected chi connectivity index (χ4v) is 4.85. The van der Waals surface area contributed by atoms with Crippen LogP contribution in [0.25, 0.3) is 0 Å². The van der Waals surface area contributed by atoms with Crippen LogP contribution in [0.5, 0.6) is 5.75 Å². The number of carbonyl (C=O) groups excluding carboxylic acids is 1. The Morgan fingerprint density at radius 1 is 0.914 bits per heavy atom. The van der Waals surface area contributed by atoms with E-state index in [1.807, 2.05) is 12.1 Å². The molecule has 4 aromatic rings. The largest absolute Gasteiger partial charge is 0.484 e. The van der Waals surface area contributed by atoms with Crippen LogP contribution in [-0.2, 0) is 17.8 Å². The monoisotopic (exact) mass is 482 g/mol. The van der Waals surface area contributed by atoms with Crippen molar-refractivity contribution in [3.63, 3.8) is 0 Å². The molecule has 1 atom stereocenters. The van der Waals surface area contributed by atoms with Crippen LogP contribution in [-0.4, -0.2) is 24.0 Å². The van der Waals surface area contributed by atoms with Gasteiger partial charge in [0.05, 0.1) is 6.04 Å². The van der Waals surface area contributed by atoms with E-state index in [0.717, 1.165) is 19.5 Å². The highest BCUT2D eigenvalue weighted by molar-refractivity contribution is 6.30. The molecule has 0 unspecified atom stereocenters. The molecule has 0 spiro atoms. The molecule has 0 aromatic heterocycles. The zero-order valence-corrected chi connectivity index (χ0v) is 20.1. The van der Waals surface area contributed by atoms with Crippen LogP contribution < -0.4 is 10.1 Å². The van der Waals surface area contributed by atoms with Crippen molar-refractivity contribution >= 4 is 23.2 Å². The molecule has 1 N–H and O–H groups in total. The standard InChI is InChI=1S/C30H27ClN2O2/c31-25-12-7-13-26(18-25)32-29(34)21-35-27-15-14-23-16-17-33(20-22-8-3-1-4-9-22)30(28(23)19-27)24-10-5-2-6-11-24/h1-15,18-19,30H,16-17,20-21H2,(H,32,34)/t30-/m1/s1. The van der Waals surface area contributed by atoms with E-state index in [1.165, 1.54) is 22.3 Å². The van der Waals surface area contributed by atoms with Crippen molar-refractivity contribution in [3.05, 3.63) is 130 Å². The van der Waals surface area contributed by atoms with Crippen molar-refractivity contribution in [2.24, 2.45) is 0 Å². The van der Waals surface area contributed by atoms with E-state index in [0.29, 0.717) is 16.5 Å². The third-order valence-electron chi connectivity index (χ3n) is 6.27. The average molecular weight is 483 g/mol. The lowest BCUT2D eigenvalue weighted by atomic mass is 9.87. The van der Waals surface area contributed by atoms with Crippen molar-refractivity contribution in [1.29, 1.82) is 0 Å². The number of nitrogens with zero attached hydrogens (tertiary/aromatic N) is 1. The van der Waals surface area contributed by atoms with Gasteiger partial charge in [0.25, 0.3) is 5.91 Å². The number of carbonyl (C=O) groups is 1. The van der Waals surface area contributed by atoms with Gasteiger partial charge in [-0.15, -0.1) is 0 Å². The number of halogens is 1. The lowest BCUT2D eigenvalue weighted by Crippen LogP contribution is -2.35. The Morgan fingerprint density at radius 3 is 2.46 bits per heavy atom. The van der Waals surface area contributed by atoms with E-state index >= 15 is 0 Å². The Bertz CT molecular complexity index is 1290. The molecule has 5 rings (SSSR count). The van der Waals surface area contributed by atoms with Gasteiger partial charge in [-0.2, -0.15) is 0 Å². The smallest absolute Gasteiger partial charge is 0.262 e. The first-order valence-electron chi connectivity index (χ1n) is 11.8. The summed E-state index contributed by atoms with van der Waals surface area (Å²) in [7, 11) is 0. The molecule has 0 radical (unpaired) electrons. The van der Waals surface area contributed by atoms with Gasteiger partial charge in [-0.1, -0.05) is 84.4 Å². The normalized spacial score (nSPS) is 15.3. The molecular weight excluding hydrogens is 456 g/mol. The summed E-state index contributed by atoms with van der Waals surface area (Å²) in [6.45, 7) is 1.77. The van der Waals surface area contributed by atoms with Gasteiger partial charge in [0.1, 0.15) is 5.75 Å².